The van der Waals surface area contributed by atoms with Gasteiger partial charge in [0.05, 0.1) is 6.26 Å². The Bertz CT molecular complexity index is 746. The zero-order valence-corrected chi connectivity index (χ0v) is 13.5. The molecule has 3 rings (SSSR count). The van der Waals surface area contributed by atoms with E-state index in [0.717, 1.165) is 17.5 Å². The summed E-state index contributed by atoms with van der Waals surface area (Å²) in [5.74, 6) is 0.802. The van der Waals surface area contributed by atoms with E-state index in [0.29, 0.717) is 23.9 Å². The zero-order chi connectivity index (χ0) is 16.9. The Morgan fingerprint density at radius 3 is 2.88 bits per heavy atom. The molecule has 128 valence electrons. The summed E-state index contributed by atoms with van der Waals surface area (Å²) in [6, 6.07) is 4.90. The molecule has 7 nitrogen and oxygen atoms in total. The monoisotopic (exact) mass is 330 g/mol. The Morgan fingerprint density at radius 1 is 1.38 bits per heavy atom. The number of nitrogen functional groups attached to an aromatic ring is 1. The molecule has 3 N–H and O–H groups in total. The fraction of sp³-hybridized carbons (Fsp3) is 0.471. The highest BCUT2D eigenvalue weighted by Gasteiger charge is 2.16. The van der Waals surface area contributed by atoms with E-state index in [1.807, 2.05) is 0 Å². The summed E-state index contributed by atoms with van der Waals surface area (Å²) in [6.07, 6.45) is 7.55. The van der Waals surface area contributed by atoms with Gasteiger partial charge in [0, 0.05) is 6.54 Å². The molecule has 0 aliphatic heterocycles. The van der Waals surface area contributed by atoms with E-state index < -0.39 is 5.56 Å². The van der Waals surface area contributed by atoms with Gasteiger partial charge in [-0.2, -0.15) is 5.10 Å². The second-order valence-corrected chi connectivity index (χ2v) is 6.23. The molecule has 0 aromatic carbocycles. The Kier molecular flexibility index (Phi) is 4.98. The van der Waals surface area contributed by atoms with E-state index >= 15 is 0 Å². The van der Waals surface area contributed by atoms with Gasteiger partial charge in [0.2, 0.25) is 5.91 Å². The van der Waals surface area contributed by atoms with Crippen LogP contribution in [-0.4, -0.2) is 22.2 Å². The summed E-state index contributed by atoms with van der Waals surface area (Å²) in [5.41, 5.74) is 5.74. The first-order chi connectivity index (χ1) is 11.6. The van der Waals surface area contributed by atoms with Gasteiger partial charge in [0.15, 0.2) is 5.76 Å². The molecule has 0 unspecified atom stereocenters. The van der Waals surface area contributed by atoms with Crippen molar-refractivity contribution in [3.05, 3.63) is 34.8 Å². The predicted molar refractivity (Wildman–Crippen MR) is 90.2 cm³/mol. The van der Waals surface area contributed by atoms with E-state index in [9.17, 15) is 9.59 Å². The highest BCUT2D eigenvalue weighted by atomic mass is 16.3. The lowest BCUT2D eigenvalue weighted by atomic mass is 9.89. The second-order valence-electron chi connectivity index (χ2n) is 6.23. The highest BCUT2D eigenvalue weighted by Crippen LogP contribution is 2.22. The number of carbonyl (C=O) groups excluding carboxylic acids is 1. The second kappa shape index (κ2) is 7.33. The average Bonchev–Trinajstić information content (AvgIpc) is 3.12. The third-order valence-electron chi connectivity index (χ3n) is 4.38. The Hall–Kier alpha value is -2.57. The maximum absolute atomic E-state index is 12.1. The van der Waals surface area contributed by atoms with Crippen LogP contribution in [0.1, 0.15) is 32.1 Å². The number of furan rings is 1. The van der Waals surface area contributed by atoms with Gasteiger partial charge in [-0.25, -0.2) is 4.68 Å². The first kappa shape index (κ1) is 16.3. The number of nitrogens with two attached hydrogens (primary N) is 1. The van der Waals surface area contributed by atoms with Crippen LogP contribution in [0.3, 0.4) is 0 Å². The van der Waals surface area contributed by atoms with Gasteiger partial charge < -0.3 is 15.5 Å². The van der Waals surface area contributed by atoms with Gasteiger partial charge in [-0.3, -0.25) is 9.59 Å². The Morgan fingerprint density at radius 2 is 2.17 bits per heavy atom. The van der Waals surface area contributed by atoms with Crippen molar-refractivity contribution in [2.45, 2.75) is 38.6 Å². The van der Waals surface area contributed by atoms with Gasteiger partial charge in [0.25, 0.3) is 5.56 Å². The minimum absolute atomic E-state index is 0.0384. The molecule has 1 aliphatic rings. The van der Waals surface area contributed by atoms with Crippen molar-refractivity contribution < 1.29 is 9.21 Å². The lowest BCUT2D eigenvalue weighted by molar-refractivity contribution is -0.122. The van der Waals surface area contributed by atoms with Crippen LogP contribution < -0.4 is 16.6 Å². The molecule has 0 radical (unpaired) electrons. The van der Waals surface area contributed by atoms with Crippen molar-refractivity contribution in [2.24, 2.45) is 5.92 Å². The number of hydrogen-bond acceptors (Lipinski definition) is 5. The Labute approximate surface area is 139 Å². The molecule has 2 heterocycles. The Balaban J connectivity index is 1.67. The lowest BCUT2D eigenvalue weighted by Crippen LogP contribution is -2.37. The summed E-state index contributed by atoms with van der Waals surface area (Å²) < 4.78 is 6.35. The zero-order valence-electron chi connectivity index (χ0n) is 13.5. The maximum Gasteiger partial charge on any atom is 0.290 e. The molecule has 0 bridgehead atoms. The molecule has 2 aromatic rings. The van der Waals surface area contributed by atoms with Crippen molar-refractivity contribution in [3.8, 4) is 11.5 Å². The molecule has 0 spiro atoms. The summed E-state index contributed by atoms with van der Waals surface area (Å²) in [4.78, 5) is 24.2. The number of nitrogens with one attached hydrogen (secondary N) is 1. The van der Waals surface area contributed by atoms with Crippen molar-refractivity contribution in [2.75, 3.05) is 12.3 Å². The minimum atomic E-state index is -0.474. The molecule has 24 heavy (non-hydrogen) atoms. The smallest absolute Gasteiger partial charge is 0.290 e. The molecule has 0 atom stereocenters. The third kappa shape index (κ3) is 3.84. The highest BCUT2D eigenvalue weighted by molar-refractivity contribution is 5.75. The molecule has 2 aromatic heterocycles. The number of rotatable bonds is 5. The van der Waals surface area contributed by atoms with Gasteiger partial charge in [-0.1, -0.05) is 19.3 Å². The van der Waals surface area contributed by atoms with Crippen LogP contribution in [-0.2, 0) is 11.3 Å². The van der Waals surface area contributed by atoms with Crippen molar-refractivity contribution in [1.82, 2.24) is 15.1 Å². The third-order valence-corrected chi connectivity index (χ3v) is 4.38. The first-order valence-electron chi connectivity index (χ1n) is 8.31. The van der Waals surface area contributed by atoms with Crippen LogP contribution in [0.4, 0.5) is 5.69 Å². The fourth-order valence-corrected chi connectivity index (χ4v) is 3.06. The molecular formula is C17H22N4O3. The normalized spacial score (nSPS) is 15.3. The van der Waals surface area contributed by atoms with Crippen molar-refractivity contribution in [1.29, 1.82) is 0 Å². The fourth-order valence-electron chi connectivity index (χ4n) is 3.06. The molecule has 7 heteroatoms. The van der Waals surface area contributed by atoms with Crippen LogP contribution in [0, 0.1) is 5.92 Å². The van der Waals surface area contributed by atoms with E-state index in [2.05, 4.69) is 10.4 Å². The maximum atomic E-state index is 12.1. The summed E-state index contributed by atoms with van der Waals surface area (Å²) in [7, 11) is 0. The molecule has 1 fully saturated rings. The molecular weight excluding hydrogens is 308 g/mol. The van der Waals surface area contributed by atoms with Gasteiger partial charge >= 0.3 is 0 Å². The molecule has 1 saturated carbocycles. The number of nitrogens with zero attached hydrogens (tertiary/aromatic N) is 2. The van der Waals surface area contributed by atoms with Gasteiger partial charge in [0.1, 0.15) is 17.9 Å². The van der Waals surface area contributed by atoms with E-state index in [-0.39, 0.29) is 18.1 Å². The molecule has 1 aliphatic carbocycles. The topological polar surface area (TPSA) is 103 Å². The van der Waals surface area contributed by atoms with Crippen molar-refractivity contribution in [3.63, 3.8) is 0 Å². The summed E-state index contributed by atoms with van der Waals surface area (Å²) in [6.45, 7) is 0.505. The largest absolute Gasteiger partial charge is 0.463 e. The predicted octanol–water partition coefficient (Wildman–Crippen LogP) is 1.78. The average molecular weight is 330 g/mol. The van der Waals surface area contributed by atoms with Gasteiger partial charge in [-0.15, -0.1) is 0 Å². The number of amides is 1. The van der Waals surface area contributed by atoms with Crippen LogP contribution in [0.5, 0.6) is 0 Å². The number of hydrogen-bond donors (Lipinski definition) is 2. The number of carbonyl (C=O) groups is 1. The van der Waals surface area contributed by atoms with Crippen LogP contribution in [0.25, 0.3) is 11.5 Å². The number of anilines is 1. The van der Waals surface area contributed by atoms with Gasteiger partial charge in [-0.05, 0) is 37.0 Å². The summed E-state index contributed by atoms with van der Waals surface area (Å²) >= 11 is 0. The summed E-state index contributed by atoms with van der Waals surface area (Å²) in [5, 5.41) is 7.08. The lowest BCUT2D eigenvalue weighted by Gasteiger charge is -2.21. The van der Waals surface area contributed by atoms with E-state index in [1.165, 1.54) is 31.6 Å². The SMILES string of the molecule is Nc1cc(-c2ccco2)nn(CC(=O)NCC2CCCCC2)c1=O. The van der Waals surface area contributed by atoms with Crippen LogP contribution >= 0.6 is 0 Å². The van der Waals surface area contributed by atoms with E-state index in [1.54, 1.807) is 12.1 Å². The first-order valence-corrected chi connectivity index (χ1v) is 8.31. The van der Waals surface area contributed by atoms with Crippen molar-refractivity contribution >= 4 is 11.6 Å². The molecule has 1 amide bonds. The van der Waals surface area contributed by atoms with Crippen LogP contribution in [0.2, 0.25) is 0 Å². The van der Waals surface area contributed by atoms with Crippen LogP contribution in [0.15, 0.2) is 33.7 Å². The van der Waals surface area contributed by atoms with E-state index in [4.69, 9.17) is 10.2 Å². The number of aromatic nitrogens is 2. The minimum Gasteiger partial charge on any atom is -0.463 e. The standard InChI is InChI=1S/C17H22N4O3/c18-13-9-14(15-7-4-8-24-15)20-21(17(13)23)11-16(22)19-10-12-5-2-1-3-6-12/h4,7-9,12H,1-3,5-6,10-11,18H2,(H,19,22). The molecule has 0 saturated heterocycles. The quantitative estimate of drug-likeness (QED) is 0.870.